The zero-order chi connectivity index (χ0) is 19.4. The number of carbonyl (C=O) groups is 1. The predicted octanol–water partition coefficient (Wildman–Crippen LogP) is 3.69. The zero-order valence-corrected chi connectivity index (χ0v) is 17.5. The monoisotopic (exact) mass is 445 g/mol. The van der Waals surface area contributed by atoms with Crippen molar-refractivity contribution in [2.45, 2.75) is 25.4 Å². The molecule has 0 bridgehead atoms. The lowest BCUT2D eigenvalue weighted by Gasteiger charge is -2.12. The maximum atomic E-state index is 12.3. The van der Waals surface area contributed by atoms with E-state index in [-0.39, 0.29) is 11.7 Å². The topological polar surface area (TPSA) is 85.8 Å². The Morgan fingerprint density at radius 1 is 1.19 bits per heavy atom. The Labute approximate surface area is 170 Å². The smallest absolute Gasteiger partial charge is 0.234 e. The van der Waals surface area contributed by atoms with Crippen LogP contribution >= 0.6 is 27.7 Å². The Hall–Kier alpha value is -2.32. The molecule has 0 aliphatic heterocycles. The van der Waals surface area contributed by atoms with Gasteiger partial charge in [-0.25, -0.2) is 4.68 Å². The van der Waals surface area contributed by atoms with Crippen molar-refractivity contribution in [3.8, 4) is 0 Å². The lowest BCUT2D eigenvalue weighted by Crippen LogP contribution is -2.18. The highest BCUT2D eigenvalue weighted by atomic mass is 79.9. The molecule has 6 nitrogen and oxygen atoms in total. The maximum absolute atomic E-state index is 12.3. The fourth-order valence-electron chi connectivity index (χ4n) is 2.72. The first-order chi connectivity index (χ1) is 12.9. The number of aromatic nitrogens is 3. The van der Waals surface area contributed by atoms with Crippen molar-refractivity contribution >= 4 is 39.3 Å². The Bertz CT molecular complexity index is 935. The van der Waals surface area contributed by atoms with Gasteiger partial charge in [-0.1, -0.05) is 58.0 Å². The van der Waals surface area contributed by atoms with Crippen LogP contribution in [0.2, 0.25) is 0 Å². The van der Waals surface area contributed by atoms with E-state index in [9.17, 15) is 4.79 Å². The first kappa shape index (κ1) is 19.4. The summed E-state index contributed by atoms with van der Waals surface area (Å²) in [6, 6.07) is 13.9. The van der Waals surface area contributed by atoms with E-state index in [1.165, 1.54) is 16.4 Å². The van der Waals surface area contributed by atoms with Crippen molar-refractivity contribution in [3.05, 3.63) is 69.5 Å². The number of benzene rings is 2. The number of nitrogen functional groups attached to an aromatic ring is 1. The highest BCUT2D eigenvalue weighted by molar-refractivity contribution is 9.10. The van der Waals surface area contributed by atoms with Crippen LogP contribution in [-0.4, -0.2) is 26.5 Å². The standard InChI is InChI=1S/C19H20BrN5OS/c1-12-8-15(20)9-13(2)18(12)22-17(26)11-27-19-24-23-16(25(19)21)10-14-6-4-3-5-7-14/h3-9H,10-11,21H2,1-2H3,(H,22,26). The molecule has 140 valence electrons. The minimum Gasteiger partial charge on any atom is -0.336 e. The number of rotatable bonds is 6. The molecular weight excluding hydrogens is 426 g/mol. The molecule has 1 heterocycles. The molecule has 0 unspecified atom stereocenters. The summed E-state index contributed by atoms with van der Waals surface area (Å²) in [7, 11) is 0. The van der Waals surface area contributed by atoms with E-state index in [1.807, 2.05) is 56.3 Å². The van der Waals surface area contributed by atoms with Crippen LogP contribution in [0.4, 0.5) is 5.69 Å². The summed E-state index contributed by atoms with van der Waals surface area (Å²) in [5.74, 6) is 6.84. The number of hydrogen-bond donors (Lipinski definition) is 2. The molecule has 27 heavy (non-hydrogen) atoms. The molecule has 0 fully saturated rings. The van der Waals surface area contributed by atoms with E-state index >= 15 is 0 Å². The fourth-order valence-corrected chi connectivity index (χ4v) is 4.08. The molecule has 1 aromatic heterocycles. The van der Waals surface area contributed by atoms with Crippen molar-refractivity contribution in [2.75, 3.05) is 16.9 Å². The fraction of sp³-hybridized carbons (Fsp3) is 0.211. The second kappa shape index (κ2) is 8.58. The van der Waals surface area contributed by atoms with E-state index in [4.69, 9.17) is 5.84 Å². The first-order valence-corrected chi connectivity index (χ1v) is 10.1. The summed E-state index contributed by atoms with van der Waals surface area (Å²) in [6.45, 7) is 3.93. The third-order valence-electron chi connectivity index (χ3n) is 4.03. The van der Waals surface area contributed by atoms with E-state index < -0.39 is 0 Å². The molecule has 0 saturated heterocycles. The number of halogens is 1. The Balaban J connectivity index is 1.61. The van der Waals surface area contributed by atoms with Gasteiger partial charge < -0.3 is 11.2 Å². The van der Waals surface area contributed by atoms with Crippen molar-refractivity contribution in [3.63, 3.8) is 0 Å². The largest absolute Gasteiger partial charge is 0.336 e. The first-order valence-electron chi connectivity index (χ1n) is 8.36. The number of hydrogen-bond acceptors (Lipinski definition) is 5. The van der Waals surface area contributed by atoms with E-state index in [0.29, 0.717) is 17.4 Å². The third-order valence-corrected chi connectivity index (χ3v) is 5.44. The van der Waals surface area contributed by atoms with Crippen LogP contribution in [0, 0.1) is 13.8 Å². The second-order valence-corrected chi connectivity index (χ2v) is 8.04. The minimum absolute atomic E-state index is 0.110. The molecule has 0 aliphatic carbocycles. The highest BCUT2D eigenvalue weighted by Crippen LogP contribution is 2.25. The lowest BCUT2D eigenvalue weighted by molar-refractivity contribution is -0.113. The van der Waals surface area contributed by atoms with Gasteiger partial charge in [0.25, 0.3) is 0 Å². The summed E-state index contributed by atoms with van der Waals surface area (Å²) in [4.78, 5) is 12.3. The molecular formula is C19H20BrN5OS. The molecule has 3 rings (SSSR count). The molecule has 2 aromatic carbocycles. The summed E-state index contributed by atoms with van der Waals surface area (Å²) in [6.07, 6.45) is 0.592. The average molecular weight is 446 g/mol. The second-order valence-electron chi connectivity index (χ2n) is 6.18. The quantitative estimate of drug-likeness (QED) is 0.446. The van der Waals surface area contributed by atoms with Gasteiger partial charge in [0, 0.05) is 16.6 Å². The van der Waals surface area contributed by atoms with Crippen LogP contribution in [0.15, 0.2) is 52.1 Å². The summed E-state index contributed by atoms with van der Waals surface area (Å²) in [5.41, 5.74) is 3.95. The number of nitrogens with two attached hydrogens (primary N) is 1. The molecule has 0 spiro atoms. The van der Waals surface area contributed by atoms with Gasteiger partial charge in [-0.05, 0) is 42.7 Å². The summed E-state index contributed by atoms with van der Waals surface area (Å²) < 4.78 is 2.44. The molecule has 0 saturated carbocycles. The number of aryl methyl sites for hydroxylation is 2. The molecule has 0 aliphatic rings. The van der Waals surface area contributed by atoms with Gasteiger partial charge in [-0.2, -0.15) is 0 Å². The van der Waals surface area contributed by atoms with Gasteiger partial charge in [-0.3, -0.25) is 4.79 Å². The molecule has 1 amide bonds. The zero-order valence-electron chi connectivity index (χ0n) is 15.1. The number of thioether (sulfide) groups is 1. The number of anilines is 1. The number of carbonyl (C=O) groups excluding carboxylic acids is 1. The van der Waals surface area contributed by atoms with Crippen LogP contribution in [0.1, 0.15) is 22.5 Å². The van der Waals surface area contributed by atoms with Crippen molar-refractivity contribution in [1.82, 2.24) is 14.9 Å². The van der Waals surface area contributed by atoms with E-state index in [1.54, 1.807) is 0 Å². The van der Waals surface area contributed by atoms with E-state index in [0.717, 1.165) is 26.9 Å². The van der Waals surface area contributed by atoms with Crippen LogP contribution in [0.5, 0.6) is 0 Å². The number of nitrogens with zero attached hydrogens (tertiary/aromatic N) is 3. The predicted molar refractivity (Wildman–Crippen MR) is 112 cm³/mol. The van der Waals surface area contributed by atoms with Crippen LogP contribution in [0.3, 0.4) is 0 Å². The third kappa shape index (κ3) is 4.90. The van der Waals surface area contributed by atoms with Gasteiger partial charge in [0.2, 0.25) is 11.1 Å². The van der Waals surface area contributed by atoms with Gasteiger partial charge in [0.15, 0.2) is 5.82 Å². The van der Waals surface area contributed by atoms with Crippen LogP contribution < -0.4 is 11.2 Å². The van der Waals surface area contributed by atoms with Gasteiger partial charge in [0.05, 0.1) is 5.75 Å². The van der Waals surface area contributed by atoms with Gasteiger partial charge in [0.1, 0.15) is 0 Å². The maximum Gasteiger partial charge on any atom is 0.234 e. The van der Waals surface area contributed by atoms with Gasteiger partial charge >= 0.3 is 0 Å². The highest BCUT2D eigenvalue weighted by Gasteiger charge is 2.14. The summed E-state index contributed by atoms with van der Waals surface area (Å²) >= 11 is 4.72. The van der Waals surface area contributed by atoms with Crippen molar-refractivity contribution in [1.29, 1.82) is 0 Å². The van der Waals surface area contributed by atoms with Gasteiger partial charge in [-0.15, -0.1) is 10.2 Å². The van der Waals surface area contributed by atoms with Crippen molar-refractivity contribution in [2.24, 2.45) is 0 Å². The molecule has 0 radical (unpaired) electrons. The average Bonchev–Trinajstić information content (AvgIpc) is 2.97. The van der Waals surface area contributed by atoms with Crippen LogP contribution in [-0.2, 0) is 11.2 Å². The minimum atomic E-state index is -0.110. The molecule has 0 atom stereocenters. The van der Waals surface area contributed by atoms with Crippen LogP contribution in [0.25, 0.3) is 0 Å². The number of amides is 1. The Morgan fingerprint density at radius 3 is 2.52 bits per heavy atom. The Morgan fingerprint density at radius 2 is 1.85 bits per heavy atom. The lowest BCUT2D eigenvalue weighted by atomic mass is 10.1. The normalized spacial score (nSPS) is 10.8. The van der Waals surface area contributed by atoms with E-state index in [2.05, 4.69) is 31.4 Å². The molecule has 3 N–H and O–H groups in total. The summed E-state index contributed by atoms with van der Waals surface area (Å²) in [5, 5.41) is 11.7. The van der Waals surface area contributed by atoms with Crippen molar-refractivity contribution < 1.29 is 4.79 Å². The SMILES string of the molecule is Cc1cc(Br)cc(C)c1NC(=O)CSc1nnc(Cc2ccccc2)n1N. The molecule has 3 aromatic rings. The Kier molecular flexibility index (Phi) is 6.18. The number of nitrogens with one attached hydrogen (secondary N) is 1. The molecule has 8 heteroatoms.